The summed E-state index contributed by atoms with van der Waals surface area (Å²) in [5, 5.41) is 8.03. The van der Waals surface area contributed by atoms with Crippen LogP contribution in [0.1, 0.15) is 21.5 Å². The van der Waals surface area contributed by atoms with Crippen molar-refractivity contribution in [2.45, 2.75) is 23.8 Å². The van der Waals surface area contributed by atoms with E-state index in [1.165, 1.54) is 12.1 Å². The van der Waals surface area contributed by atoms with Crippen LogP contribution in [0, 0.1) is 0 Å². The monoisotopic (exact) mass is 449 g/mol. The number of sulfonamides is 1. The van der Waals surface area contributed by atoms with Gasteiger partial charge in [-0.1, -0.05) is 48.5 Å². The summed E-state index contributed by atoms with van der Waals surface area (Å²) in [5.74, 6) is -0.444. The number of carbonyl (C=O) groups is 2. The van der Waals surface area contributed by atoms with E-state index in [0.717, 1.165) is 16.8 Å². The quantitative estimate of drug-likeness (QED) is 0.602. The second-order valence-corrected chi connectivity index (χ2v) is 9.18. The molecule has 7 nitrogen and oxygen atoms in total. The maximum atomic E-state index is 13.2. The van der Waals surface area contributed by atoms with Gasteiger partial charge in [-0.25, -0.2) is 13.6 Å². The van der Waals surface area contributed by atoms with Crippen molar-refractivity contribution in [3.8, 4) is 0 Å². The highest BCUT2D eigenvalue weighted by atomic mass is 32.2. The molecule has 3 aromatic rings. The molecule has 0 fully saturated rings. The van der Waals surface area contributed by atoms with E-state index >= 15 is 0 Å². The standard InChI is InChI=1S/C24H23N3O4S/c25-32(30,31)20-12-10-17(11-13-20)14-15-26-23(28)22-16-19-8-4-5-9-21(19)27(22)24(29)18-6-2-1-3-7-18/h1-13,22H,14-16H2,(H,26,28)(H2,25,30,31)/t22-/m1/s1. The first kappa shape index (κ1) is 21.7. The second kappa shape index (κ2) is 8.94. The predicted molar refractivity (Wildman–Crippen MR) is 122 cm³/mol. The lowest BCUT2D eigenvalue weighted by atomic mass is 10.1. The maximum Gasteiger partial charge on any atom is 0.259 e. The van der Waals surface area contributed by atoms with Crippen molar-refractivity contribution in [1.29, 1.82) is 0 Å². The van der Waals surface area contributed by atoms with Crippen molar-refractivity contribution >= 4 is 27.5 Å². The highest BCUT2D eigenvalue weighted by molar-refractivity contribution is 7.89. The van der Waals surface area contributed by atoms with Crippen LogP contribution in [0.2, 0.25) is 0 Å². The van der Waals surface area contributed by atoms with Crippen molar-refractivity contribution in [1.82, 2.24) is 5.32 Å². The molecular formula is C24H23N3O4S. The van der Waals surface area contributed by atoms with E-state index in [2.05, 4.69) is 5.32 Å². The van der Waals surface area contributed by atoms with Crippen molar-refractivity contribution in [3.05, 3.63) is 95.6 Å². The van der Waals surface area contributed by atoms with Gasteiger partial charge in [0.25, 0.3) is 5.91 Å². The lowest BCUT2D eigenvalue weighted by Gasteiger charge is -2.25. The van der Waals surface area contributed by atoms with Crippen LogP contribution in [0.3, 0.4) is 0 Å². The molecule has 32 heavy (non-hydrogen) atoms. The molecule has 1 aliphatic rings. The van der Waals surface area contributed by atoms with Crippen LogP contribution < -0.4 is 15.4 Å². The number of nitrogens with one attached hydrogen (secondary N) is 1. The van der Waals surface area contributed by atoms with Crippen molar-refractivity contribution in [3.63, 3.8) is 0 Å². The van der Waals surface area contributed by atoms with Crippen molar-refractivity contribution in [2.75, 3.05) is 11.4 Å². The van der Waals surface area contributed by atoms with Gasteiger partial charge in [-0.05, 0) is 47.9 Å². The molecule has 0 spiro atoms. The van der Waals surface area contributed by atoms with E-state index in [0.29, 0.717) is 24.9 Å². The Balaban J connectivity index is 1.46. The number of anilines is 1. The van der Waals surface area contributed by atoms with E-state index in [9.17, 15) is 18.0 Å². The summed E-state index contributed by atoms with van der Waals surface area (Å²) in [6.07, 6.45) is 0.965. The first-order valence-electron chi connectivity index (χ1n) is 10.2. The maximum absolute atomic E-state index is 13.2. The first-order chi connectivity index (χ1) is 15.3. The van der Waals surface area contributed by atoms with Gasteiger partial charge >= 0.3 is 0 Å². The molecule has 0 aromatic heterocycles. The van der Waals surface area contributed by atoms with Gasteiger partial charge in [-0.15, -0.1) is 0 Å². The highest BCUT2D eigenvalue weighted by Gasteiger charge is 2.38. The fourth-order valence-corrected chi connectivity index (χ4v) is 4.38. The number of benzene rings is 3. The molecule has 0 saturated heterocycles. The average Bonchev–Trinajstić information content (AvgIpc) is 3.18. The summed E-state index contributed by atoms with van der Waals surface area (Å²) in [4.78, 5) is 27.9. The topological polar surface area (TPSA) is 110 Å². The molecule has 8 heteroatoms. The van der Waals surface area contributed by atoms with Crippen LogP contribution in [-0.2, 0) is 27.7 Å². The van der Waals surface area contributed by atoms with Gasteiger partial charge < -0.3 is 5.32 Å². The zero-order valence-corrected chi connectivity index (χ0v) is 18.1. The zero-order valence-electron chi connectivity index (χ0n) is 17.3. The molecule has 164 valence electrons. The fraction of sp³-hybridized carbons (Fsp3) is 0.167. The van der Waals surface area contributed by atoms with Gasteiger partial charge in [0.15, 0.2) is 0 Å². The number of para-hydroxylation sites is 1. The molecule has 3 aromatic carbocycles. The molecule has 2 amide bonds. The molecular weight excluding hydrogens is 426 g/mol. The van der Waals surface area contributed by atoms with Crippen LogP contribution in [-0.4, -0.2) is 32.8 Å². The Morgan fingerprint density at radius 1 is 0.938 bits per heavy atom. The third-order valence-electron chi connectivity index (χ3n) is 5.48. The summed E-state index contributed by atoms with van der Waals surface area (Å²) >= 11 is 0. The number of rotatable bonds is 6. The third-order valence-corrected chi connectivity index (χ3v) is 6.41. The minimum absolute atomic E-state index is 0.0454. The SMILES string of the molecule is NS(=O)(=O)c1ccc(CCNC(=O)[C@H]2Cc3ccccc3N2C(=O)c2ccccc2)cc1. The van der Waals surface area contributed by atoms with Gasteiger partial charge in [0.05, 0.1) is 4.90 Å². The number of nitrogens with zero attached hydrogens (tertiary/aromatic N) is 1. The van der Waals surface area contributed by atoms with Gasteiger partial charge in [0.1, 0.15) is 6.04 Å². The van der Waals surface area contributed by atoms with Gasteiger partial charge in [-0.3, -0.25) is 14.5 Å². The summed E-state index contributed by atoms with van der Waals surface area (Å²) in [6.45, 7) is 0.355. The molecule has 0 unspecified atom stereocenters. The van der Waals surface area contributed by atoms with Crippen molar-refractivity contribution in [2.24, 2.45) is 5.14 Å². The minimum atomic E-state index is -3.74. The second-order valence-electron chi connectivity index (χ2n) is 7.62. The molecule has 3 N–H and O–H groups in total. The van der Waals surface area contributed by atoms with Crippen LogP contribution in [0.15, 0.2) is 83.8 Å². The Labute approximate surface area is 186 Å². The van der Waals surface area contributed by atoms with E-state index in [1.54, 1.807) is 41.3 Å². The lowest BCUT2D eigenvalue weighted by molar-refractivity contribution is -0.122. The van der Waals surface area contributed by atoms with Crippen LogP contribution >= 0.6 is 0 Å². The summed E-state index contributed by atoms with van der Waals surface area (Å²) < 4.78 is 22.7. The number of fused-ring (bicyclic) bond motifs is 1. The van der Waals surface area contributed by atoms with E-state index in [4.69, 9.17) is 5.14 Å². The molecule has 0 bridgehead atoms. The van der Waals surface area contributed by atoms with Crippen LogP contribution in [0.4, 0.5) is 5.69 Å². The van der Waals surface area contributed by atoms with E-state index in [-0.39, 0.29) is 16.7 Å². The van der Waals surface area contributed by atoms with Gasteiger partial charge in [-0.2, -0.15) is 0 Å². The van der Waals surface area contributed by atoms with Crippen LogP contribution in [0.25, 0.3) is 0 Å². The molecule has 1 aliphatic heterocycles. The predicted octanol–water partition coefficient (Wildman–Crippen LogP) is 2.26. The first-order valence-corrected chi connectivity index (χ1v) is 11.8. The summed E-state index contributed by atoms with van der Waals surface area (Å²) in [7, 11) is -3.74. The zero-order chi connectivity index (χ0) is 22.7. The summed E-state index contributed by atoms with van der Waals surface area (Å²) in [5.41, 5.74) is 3.09. The fourth-order valence-electron chi connectivity index (χ4n) is 3.86. The molecule has 4 rings (SSSR count). The van der Waals surface area contributed by atoms with Crippen LogP contribution in [0.5, 0.6) is 0 Å². The Morgan fingerprint density at radius 2 is 1.59 bits per heavy atom. The van der Waals surface area contributed by atoms with Gasteiger partial charge in [0.2, 0.25) is 15.9 Å². The van der Waals surface area contributed by atoms with Gasteiger partial charge in [0, 0.05) is 24.2 Å². The smallest absolute Gasteiger partial charge is 0.259 e. The largest absolute Gasteiger partial charge is 0.354 e. The number of primary sulfonamides is 1. The lowest BCUT2D eigenvalue weighted by Crippen LogP contribution is -2.48. The number of hydrogen-bond donors (Lipinski definition) is 2. The Bertz CT molecular complexity index is 1240. The number of carbonyl (C=O) groups excluding carboxylic acids is 2. The molecule has 1 atom stereocenters. The Hall–Kier alpha value is -3.49. The summed E-state index contributed by atoms with van der Waals surface area (Å²) in [6, 6.07) is 22.1. The number of nitrogens with two attached hydrogens (primary N) is 1. The Morgan fingerprint density at radius 3 is 2.28 bits per heavy atom. The number of amides is 2. The average molecular weight is 450 g/mol. The Kier molecular flexibility index (Phi) is 6.07. The van der Waals surface area contributed by atoms with E-state index < -0.39 is 16.1 Å². The molecule has 0 aliphatic carbocycles. The molecule has 0 saturated carbocycles. The molecule has 1 heterocycles. The third kappa shape index (κ3) is 4.56. The van der Waals surface area contributed by atoms with E-state index in [1.807, 2.05) is 30.3 Å². The minimum Gasteiger partial charge on any atom is -0.354 e. The normalized spacial score (nSPS) is 15.3. The van der Waals surface area contributed by atoms with Crippen molar-refractivity contribution < 1.29 is 18.0 Å². The molecule has 0 radical (unpaired) electrons. The highest BCUT2D eigenvalue weighted by Crippen LogP contribution is 2.33. The number of hydrogen-bond acceptors (Lipinski definition) is 4.